The monoisotopic (exact) mass is 328 g/mol. The van der Waals surface area contributed by atoms with Gasteiger partial charge in [0.2, 0.25) is 5.91 Å². The molecule has 0 aliphatic carbocycles. The molecular weight excluding hydrogens is 308 g/mol. The number of phenolic OH excluding ortho intramolecular Hbond substituents is 1. The van der Waals surface area contributed by atoms with E-state index < -0.39 is 12.1 Å². The van der Waals surface area contributed by atoms with Crippen LogP contribution in [-0.4, -0.2) is 30.2 Å². The second-order valence-corrected chi connectivity index (χ2v) is 5.24. The van der Waals surface area contributed by atoms with Gasteiger partial charge in [0.15, 0.2) is 0 Å². The summed E-state index contributed by atoms with van der Waals surface area (Å²) in [5.74, 6) is -0.176. The summed E-state index contributed by atoms with van der Waals surface area (Å²) in [6.07, 6.45) is -0.369. The van der Waals surface area contributed by atoms with Crippen LogP contribution < -0.4 is 10.6 Å². The number of rotatable bonds is 6. The quantitative estimate of drug-likeness (QED) is 0.756. The first kappa shape index (κ1) is 17.3. The minimum absolute atomic E-state index is 0.131. The summed E-state index contributed by atoms with van der Waals surface area (Å²) in [4.78, 5) is 23.9. The van der Waals surface area contributed by atoms with Crippen LogP contribution >= 0.6 is 0 Å². The molecule has 126 valence electrons. The zero-order valence-electron chi connectivity index (χ0n) is 13.4. The number of ether oxygens (including phenoxy) is 1. The topological polar surface area (TPSA) is 87.7 Å². The lowest BCUT2D eigenvalue weighted by Gasteiger charge is -2.17. The van der Waals surface area contributed by atoms with Gasteiger partial charge in [0.25, 0.3) is 0 Å². The van der Waals surface area contributed by atoms with Gasteiger partial charge in [-0.3, -0.25) is 4.79 Å². The van der Waals surface area contributed by atoms with Crippen LogP contribution in [0.15, 0.2) is 54.6 Å². The van der Waals surface area contributed by atoms with E-state index in [4.69, 9.17) is 4.74 Å². The summed E-state index contributed by atoms with van der Waals surface area (Å²) in [7, 11) is 1.50. The second kappa shape index (κ2) is 8.57. The number of hydrogen-bond donors (Lipinski definition) is 3. The van der Waals surface area contributed by atoms with Crippen molar-refractivity contribution in [1.82, 2.24) is 10.6 Å². The Kier molecular flexibility index (Phi) is 6.19. The fraction of sp³-hybridized carbons (Fsp3) is 0.222. The van der Waals surface area contributed by atoms with Gasteiger partial charge in [-0.25, -0.2) is 4.79 Å². The molecule has 0 aliphatic heterocycles. The van der Waals surface area contributed by atoms with E-state index in [2.05, 4.69) is 10.6 Å². The molecule has 0 saturated carbocycles. The van der Waals surface area contributed by atoms with E-state index in [-0.39, 0.29) is 18.3 Å². The molecule has 6 nitrogen and oxygen atoms in total. The minimum Gasteiger partial charge on any atom is -0.508 e. The van der Waals surface area contributed by atoms with Gasteiger partial charge in [0.05, 0.1) is 0 Å². The van der Waals surface area contributed by atoms with Crippen LogP contribution in [0.5, 0.6) is 5.75 Å². The number of carbonyl (C=O) groups excluding carboxylic acids is 2. The van der Waals surface area contributed by atoms with Crippen molar-refractivity contribution in [1.29, 1.82) is 0 Å². The Labute approximate surface area is 140 Å². The Morgan fingerprint density at radius 1 is 1.04 bits per heavy atom. The molecule has 0 radical (unpaired) electrons. The molecule has 0 heterocycles. The molecule has 6 heteroatoms. The van der Waals surface area contributed by atoms with Gasteiger partial charge >= 0.3 is 6.09 Å². The number of aromatic hydroxyl groups is 1. The Hall–Kier alpha value is -3.02. The van der Waals surface area contributed by atoms with Gasteiger partial charge in [0.1, 0.15) is 18.4 Å². The molecule has 0 fully saturated rings. The summed E-state index contributed by atoms with van der Waals surface area (Å²) in [5.41, 5.74) is 1.67. The van der Waals surface area contributed by atoms with Gasteiger partial charge in [-0.05, 0) is 23.3 Å². The molecule has 2 amide bonds. The average Bonchev–Trinajstić information content (AvgIpc) is 2.61. The standard InChI is InChI=1S/C18H20N2O4/c1-19-17(22)16(11-13-7-9-15(21)10-8-13)20-18(23)24-12-14-5-3-2-4-6-14/h2-10,16,21H,11-12H2,1H3,(H,19,22)(H,20,23)/t16-/m1/s1. The second-order valence-electron chi connectivity index (χ2n) is 5.24. The lowest BCUT2D eigenvalue weighted by molar-refractivity contribution is -0.122. The third-order valence-electron chi connectivity index (χ3n) is 3.44. The average molecular weight is 328 g/mol. The van der Waals surface area contributed by atoms with Crippen LogP contribution in [0, 0.1) is 0 Å². The highest BCUT2D eigenvalue weighted by Crippen LogP contribution is 2.11. The largest absolute Gasteiger partial charge is 0.508 e. The Balaban J connectivity index is 1.93. The Morgan fingerprint density at radius 2 is 1.71 bits per heavy atom. The molecule has 0 bridgehead atoms. The number of likely N-dealkylation sites (N-methyl/N-ethyl adjacent to an activating group) is 1. The summed E-state index contributed by atoms with van der Waals surface area (Å²) in [6.45, 7) is 0.131. The lowest BCUT2D eigenvalue weighted by Crippen LogP contribution is -2.47. The maximum Gasteiger partial charge on any atom is 0.408 e. The first-order valence-electron chi connectivity index (χ1n) is 7.55. The number of nitrogens with one attached hydrogen (secondary N) is 2. The van der Waals surface area contributed by atoms with Crippen molar-refractivity contribution in [3.63, 3.8) is 0 Å². The van der Waals surface area contributed by atoms with Crippen LogP contribution in [0.25, 0.3) is 0 Å². The smallest absolute Gasteiger partial charge is 0.408 e. The van der Waals surface area contributed by atoms with Crippen LogP contribution in [0.4, 0.5) is 4.79 Å². The van der Waals surface area contributed by atoms with Crippen LogP contribution in [0.3, 0.4) is 0 Å². The van der Waals surface area contributed by atoms with Gasteiger partial charge < -0.3 is 20.5 Å². The molecule has 2 aromatic rings. The van der Waals surface area contributed by atoms with E-state index >= 15 is 0 Å². The molecule has 0 spiro atoms. The lowest BCUT2D eigenvalue weighted by atomic mass is 10.1. The normalized spacial score (nSPS) is 11.4. The van der Waals surface area contributed by atoms with Crippen molar-refractivity contribution in [3.05, 3.63) is 65.7 Å². The number of phenols is 1. The molecule has 3 N–H and O–H groups in total. The fourth-order valence-corrected chi connectivity index (χ4v) is 2.16. The highest BCUT2D eigenvalue weighted by molar-refractivity contribution is 5.85. The van der Waals surface area contributed by atoms with E-state index in [1.807, 2.05) is 30.3 Å². The van der Waals surface area contributed by atoms with Crippen molar-refractivity contribution in [2.45, 2.75) is 19.1 Å². The first-order valence-corrected chi connectivity index (χ1v) is 7.55. The van der Waals surface area contributed by atoms with Crippen molar-refractivity contribution >= 4 is 12.0 Å². The molecule has 24 heavy (non-hydrogen) atoms. The van der Waals surface area contributed by atoms with Crippen molar-refractivity contribution < 1.29 is 19.4 Å². The van der Waals surface area contributed by atoms with E-state index in [1.165, 1.54) is 19.2 Å². The van der Waals surface area contributed by atoms with Gasteiger partial charge in [-0.1, -0.05) is 42.5 Å². The molecule has 0 aromatic heterocycles. The van der Waals surface area contributed by atoms with Gasteiger partial charge in [-0.2, -0.15) is 0 Å². The summed E-state index contributed by atoms with van der Waals surface area (Å²) >= 11 is 0. The SMILES string of the molecule is CNC(=O)[C@@H](Cc1ccc(O)cc1)NC(=O)OCc1ccccc1. The van der Waals surface area contributed by atoms with E-state index in [0.29, 0.717) is 6.42 Å². The number of alkyl carbamates (subject to hydrolysis) is 1. The maximum atomic E-state index is 12.0. The number of benzene rings is 2. The predicted molar refractivity (Wildman–Crippen MR) is 89.4 cm³/mol. The zero-order chi connectivity index (χ0) is 17.4. The van der Waals surface area contributed by atoms with E-state index in [0.717, 1.165) is 11.1 Å². The molecule has 2 aromatic carbocycles. The highest BCUT2D eigenvalue weighted by Gasteiger charge is 2.21. The number of hydrogen-bond acceptors (Lipinski definition) is 4. The Bertz CT molecular complexity index is 671. The van der Waals surface area contributed by atoms with E-state index in [9.17, 15) is 14.7 Å². The van der Waals surface area contributed by atoms with Gasteiger partial charge in [0, 0.05) is 13.5 Å². The predicted octanol–water partition coefficient (Wildman–Crippen LogP) is 1.98. The fourth-order valence-electron chi connectivity index (χ4n) is 2.16. The molecule has 1 atom stereocenters. The molecule has 0 aliphatic rings. The minimum atomic E-state index is -0.761. The molecule has 0 saturated heterocycles. The summed E-state index contributed by atoms with van der Waals surface area (Å²) in [5, 5.41) is 14.4. The molecule has 2 rings (SSSR count). The molecular formula is C18H20N2O4. The third-order valence-corrected chi connectivity index (χ3v) is 3.44. The number of amides is 2. The van der Waals surface area contributed by atoms with Crippen molar-refractivity contribution in [2.24, 2.45) is 0 Å². The maximum absolute atomic E-state index is 12.0. The number of carbonyl (C=O) groups is 2. The van der Waals surface area contributed by atoms with Crippen LogP contribution in [-0.2, 0) is 22.6 Å². The van der Waals surface area contributed by atoms with Gasteiger partial charge in [-0.15, -0.1) is 0 Å². The molecule has 0 unspecified atom stereocenters. The zero-order valence-corrected chi connectivity index (χ0v) is 13.4. The van der Waals surface area contributed by atoms with Crippen molar-refractivity contribution in [2.75, 3.05) is 7.05 Å². The first-order chi connectivity index (χ1) is 11.6. The third kappa shape index (κ3) is 5.31. The Morgan fingerprint density at radius 3 is 2.33 bits per heavy atom. The van der Waals surface area contributed by atoms with Crippen LogP contribution in [0.1, 0.15) is 11.1 Å². The highest BCUT2D eigenvalue weighted by atomic mass is 16.5. The summed E-state index contributed by atoms with van der Waals surface area (Å²) in [6, 6.07) is 15.0. The summed E-state index contributed by atoms with van der Waals surface area (Å²) < 4.78 is 5.14. The van der Waals surface area contributed by atoms with Crippen molar-refractivity contribution in [3.8, 4) is 5.75 Å². The van der Waals surface area contributed by atoms with Crippen LogP contribution in [0.2, 0.25) is 0 Å². The van der Waals surface area contributed by atoms with E-state index in [1.54, 1.807) is 12.1 Å².